The van der Waals surface area contributed by atoms with Crippen molar-refractivity contribution in [1.82, 2.24) is 20.1 Å². The Morgan fingerprint density at radius 2 is 2.00 bits per heavy atom. The maximum atomic E-state index is 11.5. The maximum absolute atomic E-state index is 11.5. The van der Waals surface area contributed by atoms with Crippen LogP contribution >= 0.6 is 23.8 Å². The van der Waals surface area contributed by atoms with E-state index in [2.05, 4.69) is 20.1 Å². The molecule has 0 spiro atoms. The quantitative estimate of drug-likeness (QED) is 0.456. The zero-order valence-electron chi connectivity index (χ0n) is 18.9. The first kappa shape index (κ1) is 23.7. The molecule has 0 aliphatic carbocycles. The van der Waals surface area contributed by atoms with Crippen LogP contribution in [0.2, 0.25) is 5.02 Å². The van der Waals surface area contributed by atoms with Gasteiger partial charge in [-0.1, -0.05) is 17.7 Å². The van der Waals surface area contributed by atoms with Crippen LogP contribution in [-0.4, -0.2) is 70.4 Å². The van der Waals surface area contributed by atoms with Gasteiger partial charge in [0.05, 0.1) is 35.5 Å². The third kappa shape index (κ3) is 5.04. The topological polar surface area (TPSA) is 91.1 Å². The van der Waals surface area contributed by atoms with Gasteiger partial charge in [0.15, 0.2) is 5.11 Å². The van der Waals surface area contributed by atoms with Crippen LogP contribution in [0.5, 0.6) is 0 Å². The lowest BCUT2D eigenvalue weighted by Gasteiger charge is -2.31. The summed E-state index contributed by atoms with van der Waals surface area (Å²) in [6, 6.07) is 13.7. The SMILES string of the molecule is O=C(O)c1ccc(Cl)c(-c2ccc([C@@H]3[C@@H](c4ccccn4)NC(=S)N3CCN3CCOCC3)o2)c1. The molecule has 0 unspecified atom stereocenters. The average molecular weight is 513 g/mol. The van der Waals surface area contributed by atoms with Crippen molar-refractivity contribution >= 4 is 34.9 Å². The van der Waals surface area contributed by atoms with E-state index in [0.717, 1.165) is 38.5 Å². The molecule has 5 rings (SSSR count). The van der Waals surface area contributed by atoms with Crippen LogP contribution in [0.4, 0.5) is 0 Å². The highest BCUT2D eigenvalue weighted by Gasteiger charge is 2.41. The molecule has 1 aromatic carbocycles. The number of morpholine rings is 1. The lowest BCUT2D eigenvalue weighted by molar-refractivity contribution is 0.0347. The number of halogens is 1. The minimum atomic E-state index is -1.02. The van der Waals surface area contributed by atoms with Crippen LogP contribution in [0.3, 0.4) is 0 Å². The smallest absolute Gasteiger partial charge is 0.335 e. The number of carboxylic acid groups (broad SMARTS) is 1. The Labute approximate surface area is 213 Å². The zero-order valence-corrected chi connectivity index (χ0v) is 20.5. The van der Waals surface area contributed by atoms with Crippen LogP contribution in [0.25, 0.3) is 11.3 Å². The number of nitrogens with one attached hydrogen (secondary N) is 1. The second-order valence-corrected chi connectivity index (χ2v) is 9.27. The summed E-state index contributed by atoms with van der Waals surface area (Å²) in [4.78, 5) is 20.5. The highest BCUT2D eigenvalue weighted by Crippen LogP contribution is 2.41. The normalized spacial score (nSPS) is 20.7. The predicted octanol–water partition coefficient (Wildman–Crippen LogP) is 4.00. The fourth-order valence-corrected chi connectivity index (χ4v) is 5.08. The van der Waals surface area contributed by atoms with Crippen LogP contribution in [-0.2, 0) is 4.74 Å². The highest BCUT2D eigenvalue weighted by atomic mass is 35.5. The zero-order chi connectivity index (χ0) is 24.4. The molecule has 182 valence electrons. The minimum absolute atomic E-state index is 0.143. The largest absolute Gasteiger partial charge is 0.478 e. The third-order valence-corrected chi connectivity index (χ3v) is 7.04. The van der Waals surface area contributed by atoms with Gasteiger partial charge in [0.2, 0.25) is 0 Å². The molecule has 2 atom stereocenters. The third-order valence-electron chi connectivity index (χ3n) is 6.36. The first-order chi connectivity index (χ1) is 17.0. The van der Waals surface area contributed by atoms with Crippen LogP contribution in [0.1, 0.15) is 33.9 Å². The summed E-state index contributed by atoms with van der Waals surface area (Å²) in [7, 11) is 0. The number of benzene rings is 1. The molecule has 3 aromatic rings. The van der Waals surface area contributed by atoms with Gasteiger partial charge in [-0.05, 0) is 54.7 Å². The number of aromatic carboxylic acids is 1. The molecule has 0 saturated carbocycles. The Morgan fingerprint density at radius 3 is 2.74 bits per heavy atom. The summed E-state index contributed by atoms with van der Waals surface area (Å²) < 4.78 is 11.8. The van der Waals surface area contributed by atoms with Crippen molar-refractivity contribution in [3.63, 3.8) is 0 Å². The van der Waals surface area contributed by atoms with E-state index in [1.165, 1.54) is 12.1 Å². The van der Waals surface area contributed by atoms with Crippen molar-refractivity contribution in [2.45, 2.75) is 12.1 Å². The van der Waals surface area contributed by atoms with Gasteiger partial charge in [0, 0.05) is 37.9 Å². The van der Waals surface area contributed by atoms with Crippen molar-refractivity contribution in [2.75, 3.05) is 39.4 Å². The maximum Gasteiger partial charge on any atom is 0.335 e. The van der Waals surface area contributed by atoms with Crippen LogP contribution < -0.4 is 5.32 Å². The van der Waals surface area contributed by atoms with Crippen molar-refractivity contribution in [3.05, 3.63) is 76.8 Å². The lowest BCUT2D eigenvalue weighted by Crippen LogP contribution is -2.42. The van der Waals surface area contributed by atoms with E-state index < -0.39 is 5.97 Å². The lowest BCUT2D eigenvalue weighted by atomic mass is 10.0. The number of thiocarbonyl (C=S) groups is 1. The molecule has 0 amide bonds. The molecule has 35 heavy (non-hydrogen) atoms. The van der Waals surface area contributed by atoms with E-state index in [4.69, 9.17) is 33.0 Å². The summed E-state index contributed by atoms with van der Waals surface area (Å²) in [5.41, 5.74) is 1.53. The number of ether oxygens (including phenoxy) is 1. The Bertz CT molecular complexity index is 1220. The number of hydrogen-bond acceptors (Lipinski definition) is 6. The van der Waals surface area contributed by atoms with Gasteiger partial charge in [-0.2, -0.15) is 0 Å². The van der Waals surface area contributed by atoms with Crippen molar-refractivity contribution in [2.24, 2.45) is 0 Å². The molecule has 0 bridgehead atoms. The number of carboxylic acids is 1. The Morgan fingerprint density at radius 1 is 1.17 bits per heavy atom. The summed E-state index contributed by atoms with van der Waals surface area (Å²) in [5.74, 6) is 0.171. The molecule has 0 radical (unpaired) electrons. The van der Waals surface area contributed by atoms with Gasteiger partial charge in [-0.3, -0.25) is 9.88 Å². The van der Waals surface area contributed by atoms with Gasteiger partial charge in [-0.15, -0.1) is 0 Å². The highest BCUT2D eigenvalue weighted by molar-refractivity contribution is 7.80. The summed E-state index contributed by atoms with van der Waals surface area (Å²) in [6.45, 7) is 4.82. The first-order valence-electron chi connectivity index (χ1n) is 11.4. The number of carbonyl (C=O) groups is 1. The molecule has 2 aliphatic heterocycles. The van der Waals surface area contributed by atoms with Gasteiger partial charge in [0.25, 0.3) is 0 Å². The molecule has 2 fully saturated rings. The van der Waals surface area contributed by atoms with E-state index in [1.54, 1.807) is 12.3 Å². The first-order valence-corrected chi connectivity index (χ1v) is 12.2. The fraction of sp³-hybridized carbons (Fsp3) is 0.320. The molecule has 2 aliphatic rings. The van der Waals surface area contributed by atoms with Crippen LogP contribution in [0, 0.1) is 0 Å². The molecule has 2 N–H and O–H groups in total. The predicted molar refractivity (Wildman–Crippen MR) is 136 cm³/mol. The molecular formula is C25H25ClN4O4S. The van der Waals surface area contributed by atoms with Gasteiger partial charge in [-0.25, -0.2) is 4.79 Å². The number of nitrogens with zero attached hydrogens (tertiary/aromatic N) is 3. The standard InChI is InChI=1S/C25H25ClN4O4S/c26-18-5-4-16(24(31)32)15-17(18)20-6-7-21(34-20)23-22(19-3-1-2-8-27-19)28-25(35)30(23)10-9-29-11-13-33-14-12-29/h1-8,15,22-23H,9-14H2,(H,28,35)(H,31,32)/t22-,23-/m1/s1. The summed E-state index contributed by atoms with van der Waals surface area (Å²) >= 11 is 12.1. The Kier molecular flexibility index (Phi) is 7.01. The van der Waals surface area contributed by atoms with E-state index in [-0.39, 0.29) is 17.6 Å². The summed E-state index contributed by atoms with van der Waals surface area (Å²) in [5, 5.41) is 13.9. The monoisotopic (exact) mass is 512 g/mol. The molecule has 2 saturated heterocycles. The molecule has 2 aromatic heterocycles. The Balaban J connectivity index is 1.47. The van der Waals surface area contributed by atoms with Crippen molar-refractivity contribution < 1.29 is 19.1 Å². The molecule has 8 nitrogen and oxygen atoms in total. The van der Waals surface area contributed by atoms with Gasteiger partial charge >= 0.3 is 5.97 Å². The molecule has 4 heterocycles. The van der Waals surface area contributed by atoms with Crippen LogP contribution in [0.15, 0.2) is 59.1 Å². The van der Waals surface area contributed by atoms with Crippen molar-refractivity contribution in [1.29, 1.82) is 0 Å². The molecular weight excluding hydrogens is 488 g/mol. The average Bonchev–Trinajstić information content (AvgIpc) is 3.48. The van der Waals surface area contributed by atoms with E-state index >= 15 is 0 Å². The van der Waals surface area contributed by atoms with E-state index in [0.29, 0.717) is 33.8 Å². The number of rotatable bonds is 7. The van der Waals surface area contributed by atoms with Crippen molar-refractivity contribution in [3.8, 4) is 11.3 Å². The second-order valence-electron chi connectivity index (χ2n) is 8.48. The second kappa shape index (κ2) is 10.3. The van der Waals surface area contributed by atoms with E-state index in [1.807, 2.05) is 30.3 Å². The Hall–Kier alpha value is -2.98. The molecule has 10 heteroatoms. The number of pyridine rings is 1. The fourth-order valence-electron chi connectivity index (χ4n) is 4.53. The number of aromatic nitrogens is 1. The minimum Gasteiger partial charge on any atom is -0.478 e. The number of furan rings is 1. The van der Waals surface area contributed by atoms with Gasteiger partial charge in [0.1, 0.15) is 17.6 Å². The number of hydrogen-bond donors (Lipinski definition) is 2. The van der Waals surface area contributed by atoms with Gasteiger partial charge < -0.3 is 24.5 Å². The van der Waals surface area contributed by atoms with E-state index in [9.17, 15) is 9.90 Å². The summed E-state index contributed by atoms with van der Waals surface area (Å²) in [6.07, 6.45) is 1.76.